The molecule has 0 aromatic heterocycles. The van der Waals surface area contributed by atoms with E-state index in [9.17, 15) is 4.39 Å². The van der Waals surface area contributed by atoms with Gasteiger partial charge in [-0.25, -0.2) is 4.39 Å². The van der Waals surface area contributed by atoms with Crippen molar-refractivity contribution >= 4 is 5.57 Å². The average molecular weight is 233 g/mol. The third kappa shape index (κ3) is 2.75. The summed E-state index contributed by atoms with van der Waals surface area (Å²) in [6.07, 6.45) is 4.14. The maximum Gasteiger partial charge on any atom is 0.126 e. The van der Waals surface area contributed by atoms with Crippen LogP contribution in [0.3, 0.4) is 0 Å². The second-order valence-corrected chi connectivity index (χ2v) is 5.86. The summed E-state index contributed by atoms with van der Waals surface area (Å²) in [5, 5.41) is 0. The van der Waals surface area contributed by atoms with E-state index in [2.05, 4.69) is 19.9 Å². The number of nitrogens with two attached hydrogens (primary N) is 1. The zero-order valence-corrected chi connectivity index (χ0v) is 10.8. The lowest BCUT2D eigenvalue weighted by molar-refractivity contribution is 0.318. The number of benzene rings is 1. The molecular formula is C15H20FN. The normalized spacial score (nSPS) is 23.4. The Hall–Kier alpha value is -1.15. The first-order valence-electron chi connectivity index (χ1n) is 6.10. The molecule has 0 fully saturated rings. The van der Waals surface area contributed by atoms with Crippen LogP contribution in [-0.2, 0) is 0 Å². The second-order valence-electron chi connectivity index (χ2n) is 5.86. The summed E-state index contributed by atoms with van der Waals surface area (Å²) in [6, 6.07) is 5.41. The predicted octanol–water partition coefficient (Wildman–Crippen LogP) is 3.66. The fraction of sp³-hybridized carbons (Fsp3) is 0.467. The van der Waals surface area contributed by atoms with E-state index >= 15 is 0 Å². The lowest BCUT2D eigenvalue weighted by atomic mass is 9.74. The number of rotatable bonds is 1. The van der Waals surface area contributed by atoms with E-state index in [-0.39, 0.29) is 17.3 Å². The molecule has 17 heavy (non-hydrogen) atoms. The van der Waals surface area contributed by atoms with Crippen LogP contribution in [0.25, 0.3) is 5.57 Å². The molecule has 1 aromatic rings. The first kappa shape index (κ1) is 12.3. The Balaban J connectivity index is 2.36. The largest absolute Gasteiger partial charge is 0.324 e. The van der Waals surface area contributed by atoms with Gasteiger partial charge in [0.25, 0.3) is 0 Å². The minimum absolute atomic E-state index is 0.110. The SMILES string of the molecule is Cc1cc(C2=CC(N)CC(C)(C)C2)ccc1F. The molecular weight excluding hydrogens is 213 g/mol. The van der Waals surface area contributed by atoms with E-state index < -0.39 is 0 Å². The highest BCUT2D eigenvalue weighted by Gasteiger charge is 2.27. The quantitative estimate of drug-likeness (QED) is 0.787. The summed E-state index contributed by atoms with van der Waals surface area (Å²) in [7, 11) is 0. The molecule has 2 N–H and O–H groups in total. The Morgan fingerprint density at radius 3 is 2.65 bits per heavy atom. The monoisotopic (exact) mass is 233 g/mol. The maximum absolute atomic E-state index is 13.3. The van der Waals surface area contributed by atoms with Crippen molar-refractivity contribution in [2.45, 2.75) is 39.7 Å². The smallest absolute Gasteiger partial charge is 0.126 e. The molecule has 0 spiro atoms. The molecule has 0 aliphatic heterocycles. The topological polar surface area (TPSA) is 26.0 Å². The summed E-state index contributed by atoms with van der Waals surface area (Å²) in [5.41, 5.74) is 9.33. The van der Waals surface area contributed by atoms with E-state index in [1.54, 1.807) is 13.0 Å². The van der Waals surface area contributed by atoms with Crippen LogP contribution in [0.4, 0.5) is 4.39 Å². The third-order valence-corrected chi connectivity index (χ3v) is 3.40. The van der Waals surface area contributed by atoms with Gasteiger partial charge in [-0.2, -0.15) is 0 Å². The Kier molecular flexibility index (Phi) is 3.09. The zero-order valence-electron chi connectivity index (χ0n) is 10.8. The van der Waals surface area contributed by atoms with Gasteiger partial charge in [-0.1, -0.05) is 26.0 Å². The summed E-state index contributed by atoms with van der Waals surface area (Å²) < 4.78 is 13.3. The molecule has 2 rings (SSSR count). The summed E-state index contributed by atoms with van der Waals surface area (Å²) in [5.74, 6) is -0.145. The fourth-order valence-electron chi connectivity index (χ4n) is 2.64. The van der Waals surface area contributed by atoms with Crippen molar-refractivity contribution in [1.29, 1.82) is 0 Å². The van der Waals surface area contributed by atoms with Crippen LogP contribution < -0.4 is 5.73 Å². The minimum Gasteiger partial charge on any atom is -0.324 e. The van der Waals surface area contributed by atoms with E-state index in [1.165, 1.54) is 5.57 Å². The van der Waals surface area contributed by atoms with E-state index in [4.69, 9.17) is 5.73 Å². The summed E-state index contributed by atoms with van der Waals surface area (Å²) in [6.45, 7) is 6.26. The highest BCUT2D eigenvalue weighted by atomic mass is 19.1. The molecule has 1 aliphatic carbocycles. The van der Waals surface area contributed by atoms with Crippen molar-refractivity contribution in [3.63, 3.8) is 0 Å². The van der Waals surface area contributed by atoms with Crippen LogP contribution in [0.1, 0.15) is 37.8 Å². The van der Waals surface area contributed by atoms with Gasteiger partial charge in [-0.3, -0.25) is 0 Å². The van der Waals surface area contributed by atoms with E-state index in [1.807, 2.05) is 12.1 Å². The molecule has 0 saturated heterocycles. The van der Waals surface area contributed by atoms with Crippen molar-refractivity contribution in [2.24, 2.45) is 11.1 Å². The van der Waals surface area contributed by atoms with E-state index in [0.29, 0.717) is 5.56 Å². The lowest BCUT2D eigenvalue weighted by Crippen LogP contribution is -2.30. The maximum atomic E-state index is 13.3. The standard InChI is InChI=1S/C15H20FN/c1-10-6-11(4-5-14(10)16)12-7-13(17)9-15(2,3)8-12/h4-7,13H,8-9,17H2,1-3H3. The molecule has 1 aliphatic rings. The van der Waals surface area contributed by atoms with Crippen LogP contribution in [0.2, 0.25) is 0 Å². The molecule has 2 heteroatoms. The van der Waals surface area contributed by atoms with Crippen molar-refractivity contribution < 1.29 is 4.39 Å². The van der Waals surface area contributed by atoms with Gasteiger partial charge in [0.1, 0.15) is 5.82 Å². The number of hydrogen-bond donors (Lipinski definition) is 1. The van der Waals surface area contributed by atoms with Gasteiger partial charge in [0, 0.05) is 6.04 Å². The number of hydrogen-bond acceptors (Lipinski definition) is 1. The van der Waals surface area contributed by atoms with Gasteiger partial charge < -0.3 is 5.73 Å². The Morgan fingerprint density at radius 2 is 2.06 bits per heavy atom. The fourth-order valence-corrected chi connectivity index (χ4v) is 2.64. The number of halogens is 1. The molecule has 0 amide bonds. The highest BCUT2D eigenvalue weighted by Crippen LogP contribution is 2.39. The molecule has 0 heterocycles. The van der Waals surface area contributed by atoms with Crippen LogP contribution in [0, 0.1) is 18.2 Å². The number of aryl methyl sites for hydroxylation is 1. The van der Waals surface area contributed by atoms with Crippen molar-refractivity contribution in [3.8, 4) is 0 Å². The molecule has 92 valence electrons. The highest BCUT2D eigenvalue weighted by molar-refractivity contribution is 5.68. The first-order valence-corrected chi connectivity index (χ1v) is 6.10. The molecule has 1 atom stereocenters. The summed E-state index contributed by atoms with van der Waals surface area (Å²) >= 11 is 0. The first-order chi connectivity index (χ1) is 7.87. The van der Waals surface area contributed by atoms with Gasteiger partial charge in [-0.05, 0) is 54.0 Å². The van der Waals surface area contributed by atoms with Crippen molar-refractivity contribution in [1.82, 2.24) is 0 Å². The molecule has 1 nitrogen and oxygen atoms in total. The van der Waals surface area contributed by atoms with Gasteiger partial charge in [0.15, 0.2) is 0 Å². The Bertz CT molecular complexity index is 460. The van der Waals surface area contributed by atoms with Crippen molar-refractivity contribution in [3.05, 3.63) is 41.2 Å². The second kappa shape index (κ2) is 4.26. The molecule has 0 saturated carbocycles. The number of allylic oxidation sites excluding steroid dienone is 1. The Morgan fingerprint density at radius 1 is 1.35 bits per heavy atom. The molecule has 1 aromatic carbocycles. The average Bonchev–Trinajstić information content (AvgIpc) is 2.19. The molecule has 1 unspecified atom stereocenters. The zero-order chi connectivity index (χ0) is 12.6. The lowest BCUT2D eigenvalue weighted by Gasteiger charge is -2.33. The van der Waals surface area contributed by atoms with Gasteiger partial charge >= 0.3 is 0 Å². The van der Waals surface area contributed by atoms with Crippen molar-refractivity contribution in [2.75, 3.05) is 0 Å². The minimum atomic E-state index is -0.145. The van der Waals surface area contributed by atoms with Gasteiger partial charge in [0.05, 0.1) is 0 Å². The van der Waals surface area contributed by atoms with Crippen LogP contribution in [0.5, 0.6) is 0 Å². The summed E-state index contributed by atoms with van der Waals surface area (Å²) in [4.78, 5) is 0. The van der Waals surface area contributed by atoms with Crippen LogP contribution >= 0.6 is 0 Å². The van der Waals surface area contributed by atoms with Gasteiger partial charge in [-0.15, -0.1) is 0 Å². The predicted molar refractivity (Wildman–Crippen MR) is 70.1 cm³/mol. The molecule has 0 radical (unpaired) electrons. The van der Waals surface area contributed by atoms with Gasteiger partial charge in [0.2, 0.25) is 0 Å². The third-order valence-electron chi connectivity index (χ3n) is 3.40. The Labute approximate surface area is 103 Å². The molecule has 0 bridgehead atoms. The van der Waals surface area contributed by atoms with Crippen LogP contribution in [0.15, 0.2) is 24.3 Å². The van der Waals surface area contributed by atoms with E-state index in [0.717, 1.165) is 18.4 Å². The van der Waals surface area contributed by atoms with Crippen LogP contribution in [-0.4, -0.2) is 6.04 Å².